The topological polar surface area (TPSA) is 113 Å². The molecular formula is C12H10ClN5O2. The number of anilines is 1. The normalized spacial score (nSPS) is 11.2. The summed E-state index contributed by atoms with van der Waals surface area (Å²) in [5.41, 5.74) is 6.32. The molecular weight excluding hydrogens is 282 g/mol. The lowest BCUT2D eigenvalue weighted by Gasteiger charge is -2.10. The maximum atomic E-state index is 12.0. The highest BCUT2D eigenvalue weighted by atomic mass is 35.5. The SMILES string of the molecule is NC(=NO)c1ccc(Cl)cc1NC(=O)c1cnccn1. The summed E-state index contributed by atoms with van der Waals surface area (Å²) in [5, 5.41) is 14.6. The van der Waals surface area contributed by atoms with Crippen LogP contribution in [0.25, 0.3) is 0 Å². The highest BCUT2D eigenvalue weighted by molar-refractivity contribution is 6.31. The molecule has 2 rings (SSSR count). The van der Waals surface area contributed by atoms with Crippen molar-refractivity contribution in [1.29, 1.82) is 0 Å². The number of nitrogens with one attached hydrogen (secondary N) is 1. The summed E-state index contributed by atoms with van der Waals surface area (Å²) < 4.78 is 0. The van der Waals surface area contributed by atoms with Crippen molar-refractivity contribution in [2.75, 3.05) is 5.32 Å². The number of benzene rings is 1. The number of carbonyl (C=O) groups is 1. The first-order chi connectivity index (χ1) is 9.61. The van der Waals surface area contributed by atoms with Crippen LogP contribution in [0.2, 0.25) is 5.02 Å². The third-order valence-corrected chi connectivity index (χ3v) is 2.64. The Bertz CT molecular complexity index is 660. The van der Waals surface area contributed by atoms with Crippen LogP contribution in [-0.2, 0) is 0 Å². The van der Waals surface area contributed by atoms with E-state index in [4.69, 9.17) is 22.5 Å². The van der Waals surface area contributed by atoms with Gasteiger partial charge in [0.05, 0.1) is 11.9 Å². The number of aromatic nitrogens is 2. The molecule has 0 aliphatic carbocycles. The smallest absolute Gasteiger partial charge is 0.275 e. The molecule has 0 saturated heterocycles. The average Bonchev–Trinajstić information content (AvgIpc) is 2.47. The lowest BCUT2D eigenvalue weighted by Crippen LogP contribution is -2.19. The molecule has 1 aromatic carbocycles. The van der Waals surface area contributed by atoms with Gasteiger partial charge in [0, 0.05) is 23.0 Å². The van der Waals surface area contributed by atoms with E-state index in [-0.39, 0.29) is 11.5 Å². The molecule has 7 nitrogen and oxygen atoms in total. The summed E-state index contributed by atoms with van der Waals surface area (Å²) in [6.45, 7) is 0. The fourth-order valence-electron chi connectivity index (χ4n) is 1.50. The van der Waals surface area contributed by atoms with Gasteiger partial charge in [0.25, 0.3) is 5.91 Å². The summed E-state index contributed by atoms with van der Waals surface area (Å²) in [6, 6.07) is 4.58. The third-order valence-electron chi connectivity index (χ3n) is 2.41. The summed E-state index contributed by atoms with van der Waals surface area (Å²) in [6.07, 6.45) is 4.18. The lowest BCUT2D eigenvalue weighted by molar-refractivity contribution is 0.102. The molecule has 1 amide bonds. The molecule has 0 bridgehead atoms. The van der Waals surface area contributed by atoms with E-state index in [0.717, 1.165) is 0 Å². The molecule has 0 atom stereocenters. The second kappa shape index (κ2) is 5.98. The van der Waals surface area contributed by atoms with Crippen molar-refractivity contribution in [2.45, 2.75) is 0 Å². The summed E-state index contributed by atoms with van der Waals surface area (Å²) in [4.78, 5) is 19.7. The van der Waals surface area contributed by atoms with E-state index >= 15 is 0 Å². The number of amides is 1. The number of hydrogen-bond donors (Lipinski definition) is 3. The van der Waals surface area contributed by atoms with Gasteiger partial charge in [-0.2, -0.15) is 0 Å². The molecule has 0 fully saturated rings. The van der Waals surface area contributed by atoms with Gasteiger partial charge in [0.1, 0.15) is 5.69 Å². The Hall–Kier alpha value is -2.67. The number of oxime groups is 1. The van der Waals surface area contributed by atoms with Gasteiger partial charge in [-0.15, -0.1) is 0 Å². The molecule has 102 valence electrons. The van der Waals surface area contributed by atoms with Gasteiger partial charge in [-0.3, -0.25) is 9.78 Å². The number of carbonyl (C=O) groups excluding carboxylic acids is 1. The zero-order valence-corrected chi connectivity index (χ0v) is 10.9. The molecule has 0 unspecified atom stereocenters. The zero-order valence-electron chi connectivity index (χ0n) is 10.1. The van der Waals surface area contributed by atoms with Crippen molar-refractivity contribution in [2.24, 2.45) is 10.9 Å². The molecule has 0 radical (unpaired) electrons. The van der Waals surface area contributed by atoms with Gasteiger partial charge in [0.2, 0.25) is 0 Å². The summed E-state index contributed by atoms with van der Waals surface area (Å²) in [5.74, 6) is -0.622. The van der Waals surface area contributed by atoms with Crippen LogP contribution in [0.1, 0.15) is 16.1 Å². The van der Waals surface area contributed by atoms with Crippen LogP contribution < -0.4 is 11.1 Å². The van der Waals surface area contributed by atoms with E-state index in [2.05, 4.69) is 20.4 Å². The van der Waals surface area contributed by atoms with Crippen LogP contribution in [0.15, 0.2) is 41.9 Å². The van der Waals surface area contributed by atoms with E-state index in [1.807, 2.05) is 0 Å². The van der Waals surface area contributed by atoms with Gasteiger partial charge in [-0.05, 0) is 18.2 Å². The monoisotopic (exact) mass is 291 g/mol. The molecule has 0 aliphatic heterocycles. The molecule has 0 saturated carbocycles. The second-order valence-corrected chi connectivity index (χ2v) is 4.16. The Morgan fingerprint density at radius 3 is 2.85 bits per heavy atom. The number of halogens is 1. The molecule has 20 heavy (non-hydrogen) atoms. The fraction of sp³-hybridized carbons (Fsp3) is 0. The van der Waals surface area contributed by atoms with Crippen LogP contribution in [0.4, 0.5) is 5.69 Å². The van der Waals surface area contributed by atoms with Crippen molar-refractivity contribution in [3.63, 3.8) is 0 Å². The second-order valence-electron chi connectivity index (χ2n) is 3.72. The minimum Gasteiger partial charge on any atom is -0.409 e. The first-order valence-electron chi connectivity index (χ1n) is 5.46. The Morgan fingerprint density at radius 1 is 1.40 bits per heavy atom. The standard InChI is InChI=1S/C12H10ClN5O2/c13-7-1-2-8(11(14)18-20)9(5-7)17-12(19)10-6-15-3-4-16-10/h1-6,20H,(H2,14,18)(H,17,19). The van der Waals surface area contributed by atoms with Crippen molar-refractivity contribution in [3.05, 3.63) is 53.1 Å². The van der Waals surface area contributed by atoms with Crippen LogP contribution >= 0.6 is 11.6 Å². The van der Waals surface area contributed by atoms with E-state index in [1.54, 1.807) is 6.07 Å². The maximum Gasteiger partial charge on any atom is 0.275 e. The van der Waals surface area contributed by atoms with E-state index in [0.29, 0.717) is 16.3 Å². The van der Waals surface area contributed by atoms with Crippen LogP contribution in [-0.4, -0.2) is 26.9 Å². The zero-order chi connectivity index (χ0) is 14.5. The van der Waals surface area contributed by atoms with Crippen molar-refractivity contribution in [1.82, 2.24) is 9.97 Å². The molecule has 0 spiro atoms. The van der Waals surface area contributed by atoms with E-state index in [9.17, 15) is 4.79 Å². The van der Waals surface area contributed by atoms with Crippen molar-refractivity contribution < 1.29 is 10.0 Å². The van der Waals surface area contributed by atoms with Crippen LogP contribution in [0.3, 0.4) is 0 Å². The highest BCUT2D eigenvalue weighted by Gasteiger charge is 2.13. The van der Waals surface area contributed by atoms with Gasteiger partial charge in [0.15, 0.2) is 5.84 Å². The Morgan fingerprint density at radius 2 is 2.20 bits per heavy atom. The van der Waals surface area contributed by atoms with Gasteiger partial charge >= 0.3 is 0 Å². The third kappa shape index (κ3) is 3.01. The fourth-order valence-corrected chi connectivity index (χ4v) is 1.67. The number of amidine groups is 1. The Labute approximate surface area is 119 Å². The van der Waals surface area contributed by atoms with Crippen LogP contribution in [0.5, 0.6) is 0 Å². The largest absolute Gasteiger partial charge is 0.409 e. The predicted molar refractivity (Wildman–Crippen MR) is 73.9 cm³/mol. The average molecular weight is 292 g/mol. The first-order valence-corrected chi connectivity index (χ1v) is 5.84. The molecule has 1 heterocycles. The maximum absolute atomic E-state index is 12.0. The first kappa shape index (κ1) is 13.8. The molecule has 4 N–H and O–H groups in total. The lowest BCUT2D eigenvalue weighted by atomic mass is 10.1. The number of hydrogen-bond acceptors (Lipinski definition) is 5. The summed E-state index contributed by atoms with van der Waals surface area (Å²) >= 11 is 5.87. The Balaban J connectivity index is 2.33. The van der Waals surface area contributed by atoms with E-state index < -0.39 is 5.91 Å². The van der Waals surface area contributed by atoms with Gasteiger partial charge in [-0.25, -0.2) is 4.98 Å². The minimum absolute atomic E-state index is 0.137. The number of nitrogens with two attached hydrogens (primary N) is 1. The molecule has 2 aromatic rings. The molecule has 8 heteroatoms. The van der Waals surface area contributed by atoms with Gasteiger partial charge < -0.3 is 16.3 Å². The number of rotatable bonds is 3. The van der Waals surface area contributed by atoms with Crippen LogP contribution in [0, 0.1) is 0 Å². The minimum atomic E-state index is -0.479. The van der Waals surface area contributed by atoms with Crippen molar-refractivity contribution in [3.8, 4) is 0 Å². The van der Waals surface area contributed by atoms with Crippen molar-refractivity contribution >= 4 is 29.0 Å². The quantitative estimate of drug-likeness (QED) is 0.343. The Kier molecular flexibility index (Phi) is 4.11. The predicted octanol–water partition coefficient (Wildman–Crippen LogP) is 1.48. The van der Waals surface area contributed by atoms with E-state index in [1.165, 1.54) is 30.7 Å². The van der Waals surface area contributed by atoms with Gasteiger partial charge in [-0.1, -0.05) is 16.8 Å². The number of nitrogens with zero attached hydrogens (tertiary/aromatic N) is 3. The molecule has 1 aromatic heterocycles. The summed E-state index contributed by atoms with van der Waals surface area (Å²) in [7, 11) is 0. The highest BCUT2D eigenvalue weighted by Crippen LogP contribution is 2.21. The molecule has 0 aliphatic rings.